The Morgan fingerprint density at radius 3 is 2.31 bits per heavy atom. The van der Waals surface area contributed by atoms with E-state index >= 15 is 0 Å². The van der Waals surface area contributed by atoms with Gasteiger partial charge in [0.1, 0.15) is 11.5 Å². The van der Waals surface area contributed by atoms with Crippen molar-refractivity contribution >= 4 is 34.1 Å². The minimum absolute atomic E-state index is 0.124. The van der Waals surface area contributed by atoms with Crippen molar-refractivity contribution in [3.8, 4) is 5.75 Å². The summed E-state index contributed by atoms with van der Waals surface area (Å²) in [6, 6.07) is 37.4. The van der Waals surface area contributed by atoms with Crippen LogP contribution in [0.1, 0.15) is 71.3 Å². The predicted octanol–water partition coefficient (Wildman–Crippen LogP) is 14.8. The van der Waals surface area contributed by atoms with E-state index in [1.54, 1.807) is 0 Å². The van der Waals surface area contributed by atoms with Gasteiger partial charge in [0.25, 0.3) is 0 Å². The maximum atomic E-state index is 7.08. The molecule has 4 aromatic carbocycles. The second-order valence-electron chi connectivity index (χ2n) is 19.8. The lowest BCUT2D eigenvalue weighted by Crippen LogP contribution is -2.55. The third kappa shape index (κ3) is 5.60. The van der Waals surface area contributed by atoms with E-state index < -0.39 is 5.54 Å². The van der Waals surface area contributed by atoms with Crippen molar-refractivity contribution in [3.63, 3.8) is 0 Å². The summed E-state index contributed by atoms with van der Waals surface area (Å²) in [6.07, 6.45) is 26.7. The molecule has 12 rings (SSSR count). The molecule has 7 aliphatic rings. The van der Waals surface area contributed by atoms with Crippen molar-refractivity contribution in [2.75, 3.05) is 9.80 Å². The fraction of sp³-hybridized carbons (Fsp3) is 0.267. The van der Waals surface area contributed by atoms with Crippen LogP contribution in [0.4, 0.5) is 17.1 Å². The zero-order chi connectivity index (χ0) is 43.5. The standard InChI is InChI=1S/C60H56N2O2/c1-37(2)46-35-52(61(39-19-9-7-10-20-39)50-26-17-24-44-41-23-13-15-28-53(41)63-57(44)50)45-31-30-43-47(38(3)4)36-60(6,49-33-32-42(46)55(45)56(43)49)62(40-21-11-8-12-22-40)51-27-18-34-59(5)48-25-14-16-29-54(48)64-58(51)59/h7-14,16-27,29-35,37-38,42,55,58H,15,28,36H2,1-6H3. The summed E-state index contributed by atoms with van der Waals surface area (Å²) in [7, 11) is 0. The lowest BCUT2D eigenvalue weighted by atomic mass is 9.57. The van der Waals surface area contributed by atoms with Crippen molar-refractivity contribution < 1.29 is 9.15 Å². The second-order valence-corrected chi connectivity index (χ2v) is 19.8. The number of fused-ring (bicyclic) bond motifs is 6. The molecule has 0 amide bonds. The Bertz CT molecular complexity index is 3050. The van der Waals surface area contributed by atoms with Gasteiger partial charge in [-0.15, -0.1) is 0 Å². The molecule has 6 aliphatic carbocycles. The highest BCUT2D eigenvalue weighted by atomic mass is 16.5. The summed E-state index contributed by atoms with van der Waals surface area (Å²) in [5.41, 5.74) is 17.1. The Morgan fingerprint density at radius 2 is 1.53 bits per heavy atom. The molecule has 5 aromatic rings. The van der Waals surface area contributed by atoms with Gasteiger partial charge in [0.15, 0.2) is 11.7 Å². The quantitative estimate of drug-likeness (QED) is 0.156. The Morgan fingerprint density at radius 1 is 0.766 bits per heavy atom. The van der Waals surface area contributed by atoms with Gasteiger partial charge in [-0.3, -0.25) is 0 Å². The van der Waals surface area contributed by atoms with Crippen LogP contribution in [0, 0.1) is 23.7 Å². The highest BCUT2D eigenvalue weighted by Crippen LogP contribution is 2.60. The average Bonchev–Trinajstić information content (AvgIpc) is 3.85. The zero-order valence-corrected chi connectivity index (χ0v) is 37.8. The Labute approximate surface area is 378 Å². The number of rotatable bonds is 8. The first-order valence-corrected chi connectivity index (χ1v) is 23.5. The van der Waals surface area contributed by atoms with E-state index in [0.717, 1.165) is 47.7 Å². The van der Waals surface area contributed by atoms with Crippen LogP contribution in [-0.2, 0) is 11.8 Å². The molecule has 5 atom stereocenters. The molecule has 0 saturated heterocycles. The maximum absolute atomic E-state index is 7.08. The highest BCUT2D eigenvalue weighted by molar-refractivity contribution is 5.99. The fourth-order valence-electron chi connectivity index (χ4n) is 12.4. The number of ether oxygens (including phenoxy) is 1. The Hall–Kier alpha value is -6.52. The monoisotopic (exact) mass is 836 g/mol. The van der Waals surface area contributed by atoms with Gasteiger partial charge < -0.3 is 19.0 Å². The van der Waals surface area contributed by atoms with Crippen molar-refractivity contribution in [1.29, 1.82) is 0 Å². The Balaban J connectivity index is 1.10. The number of allylic oxidation sites excluding steroid dienone is 11. The van der Waals surface area contributed by atoms with Gasteiger partial charge in [-0.2, -0.15) is 0 Å². The van der Waals surface area contributed by atoms with Crippen molar-refractivity contribution in [3.05, 3.63) is 220 Å². The summed E-state index contributed by atoms with van der Waals surface area (Å²) < 4.78 is 14.0. The van der Waals surface area contributed by atoms with E-state index in [-0.39, 0.29) is 23.4 Å². The normalized spacial score (nSPS) is 25.9. The van der Waals surface area contributed by atoms with Crippen LogP contribution in [-0.4, -0.2) is 11.6 Å². The molecule has 0 bridgehead atoms. The molecule has 318 valence electrons. The van der Waals surface area contributed by atoms with E-state index in [9.17, 15) is 0 Å². The van der Waals surface area contributed by atoms with Crippen LogP contribution in [0.15, 0.2) is 207 Å². The maximum Gasteiger partial charge on any atom is 0.158 e. The smallest absolute Gasteiger partial charge is 0.158 e. The summed E-state index contributed by atoms with van der Waals surface area (Å²) in [4.78, 5) is 5.18. The highest BCUT2D eigenvalue weighted by Gasteiger charge is 2.54. The van der Waals surface area contributed by atoms with Crippen LogP contribution < -0.4 is 14.5 Å². The number of aryl methyl sites for hydroxylation is 1. The number of furan rings is 1. The average molecular weight is 837 g/mol. The fourth-order valence-corrected chi connectivity index (χ4v) is 12.4. The second kappa shape index (κ2) is 14.5. The molecule has 4 nitrogen and oxygen atoms in total. The molecule has 64 heavy (non-hydrogen) atoms. The molecule has 0 fully saturated rings. The molecule has 0 saturated carbocycles. The van der Waals surface area contributed by atoms with Gasteiger partial charge in [-0.25, -0.2) is 0 Å². The number of anilines is 3. The minimum atomic E-state index is -0.446. The summed E-state index contributed by atoms with van der Waals surface area (Å²) >= 11 is 0. The molecule has 1 aromatic heterocycles. The summed E-state index contributed by atoms with van der Waals surface area (Å²) in [5, 5.41) is 1.18. The third-order valence-corrected chi connectivity index (χ3v) is 15.4. The molecular weight excluding hydrogens is 781 g/mol. The van der Waals surface area contributed by atoms with Gasteiger partial charge in [0.2, 0.25) is 0 Å². The summed E-state index contributed by atoms with van der Waals surface area (Å²) in [5.74, 6) is 3.08. The molecule has 4 heteroatoms. The van der Waals surface area contributed by atoms with E-state index in [4.69, 9.17) is 9.15 Å². The molecule has 0 radical (unpaired) electrons. The zero-order valence-electron chi connectivity index (χ0n) is 37.8. The number of nitrogens with zero attached hydrogens (tertiary/aromatic N) is 2. The molecule has 0 N–H and O–H groups in total. The largest absolute Gasteiger partial charge is 0.483 e. The first-order chi connectivity index (χ1) is 31.2. The SMILES string of the molecule is CC(C)C1=CC(N(c2ccccc2)c2cccc3c4c(oc23)CCC=C4)=C2C=CC3=C(C(C)C)CC(C)(N(C4=CC=CC5(C)c6ccccc6OC45)c4ccccc4)C4=C3C2C1C=C4. The van der Waals surface area contributed by atoms with Gasteiger partial charge in [-0.05, 0) is 109 Å². The number of benzene rings is 4. The van der Waals surface area contributed by atoms with Gasteiger partial charge in [0.05, 0.1) is 28.0 Å². The molecule has 5 unspecified atom stereocenters. The number of hydrogen-bond donors (Lipinski definition) is 0. The van der Waals surface area contributed by atoms with Crippen LogP contribution in [0.3, 0.4) is 0 Å². The van der Waals surface area contributed by atoms with E-state index in [0.29, 0.717) is 11.8 Å². The van der Waals surface area contributed by atoms with Gasteiger partial charge in [-0.1, -0.05) is 154 Å². The third-order valence-electron chi connectivity index (χ3n) is 15.4. The van der Waals surface area contributed by atoms with E-state index in [1.807, 2.05) is 0 Å². The van der Waals surface area contributed by atoms with Crippen LogP contribution in [0.25, 0.3) is 17.0 Å². The first kappa shape index (κ1) is 39.1. The van der Waals surface area contributed by atoms with Gasteiger partial charge in [0, 0.05) is 46.1 Å². The van der Waals surface area contributed by atoms with E-state index in [2.05, 4.69) is 215 Å². The minimum Gasteiger partial charge on any atom is -0.483 e. The summed E-state index contributed by atoms with van der Waals surface area (Å²) in [6.45, 7) is 14.4. The lowest BCUT2D eigenvalue weighted by molar-refractivity contribution is 0.206. The predicted molar refractivity (Wildman–Crippen MR) is 264 cm³/mol. The Kier molecular flexibility index (Phi) is 8.86. The van der Waals surface area contributed by atoms with Crippen LogP contribution in [0.2, 0.25) is 0 Å². The molecular formula is C60H56N2O2. The van der Waals surface area contributed by atoms with Crippen molar-refractivity contribution in [2.45, 2.75) is 77.9 Å². The van der Waals surface area contributed by atoms with E-state index in [1.165, 1.54) is 67.0 Å². The van der Waals surface area contributed by atoms with Gasteiger partial charge >= 0.3 is 0 Å². The number of hydrogen-bond acceptors (Lipinski definition) is 4. The molecule has 1 aliphatic heterocycles. The lowest BCUT2D eigenvalue weighted by Gasteiger charge is -2.54. The molecule has 0 spiro atoms. The topological polar surface area (TPSA) is 28.9 Å². The van der Waals surface area contributed by atoms with Crippen LogP contribution >= 0.6 is 0 Å². The molecule has 2 heterocycles. The van der Waals surface area contributed by atoms with Crippen molar-refractivity contribution in [1.82, 2.24) is 0 Å². The van der Waals surface area contributed by atoms with Crippen molar-refractivity contribution in [2.24, 2.45) is 23.7 Å². The first-order valence-electron chi connectivity index (χ1n) is 23.5. The number of para-hydroxylation sites is 4. The van der Waals surface area contributed by atoms with Crippen LogP contribution in [0.5, 0.6) is 5.75 Å².